The quantitative estimate of drug-likeness (QED) is 0.181. The van der Waals surface area contributed by atoms with E-state index in [9.17, 15) is 0 Å². The lowest BCUT2D eigenvalue weighted by Crippen LogP contribution is -2.37. The molecule has 4 nitrogen and oxygen atoms in total. The van der Waals surface area contributed by atoms with Crippen LogP contribution in [0.1, 0.15) is 40.7 Å². The third-order valence-electron chi connectivity index (χ3n) is 12.8. The summed E-state index contributed by atoms with van der Waals surface area (Å²) in [5.74, 6) is 2.60. The van der Waals surface area contributed by atoms with Crippen LogP contribution >= 0.6 is 0 Å². The Balaban J connectivity index is 1.15. The van der Waals surface area contributed by atoms with Crippen molar-refractivity contribution in [2.75, 3.05) is 0 Å². The summed E-state index contributed by atoms with van der Waals surface area (Å²) in [4.78, 5) is 5.44. The molecule has 58 heavy (non-hydrogen) atoms. The molecule has 1 spiro atoms. The van der Waals surface area contributed by atoms with Gasteiger partial charge in [-0.2, -0.15) is 0 Å². The minimum atomic E-state index is -0.652. The van der Waals surface area contributed by atoms with Gasteiger partial charge >= 0.3 is 0 Å². The van der Waals surface area contributed by atoms with Gasteiger partial charge in [0, 0.05) is 44.3 Å². The molecule has 13 rings (SSSR count). The summed E-state index contributed by atoms with van der Waals surface area (Å²) in [6, 6.07) is 61.9. The predicted molar refractivity (Wildman–Crippen MR) is 237 cm³/mol. The lowest BCUT2D eigenvalue weighted by atomic mass is 9.61. The predicted octanol–water partition coefficient (Wildman–Crippen LogP) is 13.5. The van der Waals surface area contributed by atoms with Crippen LogP contribution < -0.4 is 4.74 Å². The van der Waals surface area contributed by atoms with Crippen LogP contribution in [0.2, 0.25) is 0 Å². The molecule has 0 fully saturated rings. The van der Waals surface area contributed by atoms with Gasteiger partial charge < -0.3 is 9.30 Å². The first-order valence-corrected chi connectivity index (χ1v) is 20.2. The lowest BCUT2D eigenvalue weighted by molar-refractivity contribution is 0.434. The molecule has 0 N–H and O–H groups in total. The van der Waals surface area contributed by atoms with Crippen LogP contribution in [0.3, 0.4) is 0 Å². The number of pyridine rings is 1. The first-order valence-electron chi connectivity index (χ1n) is 20.2. The van der Waals surface area contributed by atoms with Gasteiger partial charge in [-0.3, -0.25) is 4.57 Å². The van der Waals surface area contributed by atoms with Crippen LogP contribution in [0.25, 0.3) is 71.9 Å². The molecular formula is C54H35N3O. The van der Waals surface area contributed by atoms with Crippen molar-refractivity contribution in [1.29, 1.82) is 0 Å². The van der Waals surface area contributed by atoms with E-state index in [-0.39, 0.29) is 0 Å². The third kappa shape index (κ3) is 4.16. The van der Waals surface area contributed by atoms with Crippen molar-refractivity contribution in [3.63, 3.8) is 0 Å². The number of rotatable bonds is 3. The summed E-state index contributed by atoms with van der Waals surface area (Å²) < 4.78 is 11.9. The van der Waals surface area contributed by atoms with Gasteiger partial charge in [-0.05, 0) is 77.6 Å². The van der Waals surface area contributed by atoms with Gasteiger partial charge in [-0.1, -0.05) is 140 Å². The van der Waals surface area contributed by atoms with E-state index in [1.165, 1.54) is 49.6 Å². The van der Waals surface area contributed by atoms with E-state index in [4.69, 9.17) is 9.72 Å². The Morgan fingerprint density at radius 1 is 0.483 bits per heavy atom. The molecule has 0 saturated heterocycles. The van der Waals surface area contributed by atoms with Crippen LogP contribution in [0.5, 0.6) is 11.5 Å². The molecule has 10 aromatic rings. The molecule has 4 heteroatoms. The van der Waals surface area contributed by atoms with Crippen molar-refractivity contribution < 1.29 is 4.74 Å². The molecule has 1 aliphatic carbocycles. The summed E-state index contributed by atoms with van der Waals surface area (Å²) in [5, 5.41) is 4.86. The Labute approximate surface area is 335 Å². The third-order valence-corrected chi connectivity index (χ3v) is 12.8. The minimum absolute atomic E-state index is 0.652. The fraction of sp³-hybridized carbons (Fsp3) is 0.0556. The van der Waals surface area contributed by atoms with Crippen molar-refractivity contribution in [2.45, 2.75) is 18.3 Å². The smallest absolute Gasteiger partial charge is 0.138 e. The van der Waals surface area contributed by atoms with E-state index in [1.807, 2.05) is 0 Å². The van der Waals surface area contributed by atoms with Crippen molar-refractivity contribution in [1.82, 2.24) is 14.1 Å². The molecule has 7 aromatic carbocycles. The minimum Gasteiger partial charge on any atom is -0.457 e. The maximum atomic E-state index is 7.11. The highest BCUT2D eigenvalue weighted by Crippen LogP contribution is 2.61. The zero-order valence-corrected chi connectivity index (χ0v) is 31.6. The molecule has 1 atom stereocenters. The molecule has 0 bridgehead atoms. The molecular weight excluding hydrogens is 707 g/mol. The van der Waals surface area contributed by atoms with Gasteiger partial charge in [0.2, 0.25) is 0 Å². The second-order valence-corrected chi connectivity index (χ2v) is 15.7. The molecule has 3 aromatic heterocycles. The van der Waals surface area contributed by atoms with Crippen LogP contribution in [0.4, 0.5) is 0 Å². The fourth-order valence-electron chi connectivity index (χ4n) is 10.4. The van der Waals surface area contributed by atoms with Crippen molar-refractivity contribution in [2.24, 2.45) is 0 Å². The second-order valence-electron chi connectivity index (χ2n) is 15.7. The number of fused-ring (bicyclic) bond motifs is 14. The summed E-state index contributed by atoms with van der Waals surface area (Å²) in [6.07, 6.45) is 8.98. The van der Waals surface area contributed by atoms with Crippen LogP contribution in [0, 0.1) is 0 Å². The van der Waals surface area contributed by atoms with Gasteiger partial charge in [0.05, 0.1) is 38.9 Å². The maximum absolute atomic E-state index is 7.11. The van der Waals surface area contributed by atoms with Gasteiger partial charge in [-0.15, -0.1) is 0 Å². The zero-order valence-electron chi connectivity index (χ0n) is 31.6. The largest absolute Gasteiger partial charge is 0.457 e. The Morgan fingerprint density at radius 2 is 1.19 bits per heavy atom. The molecule has 0 saturated carbocycles. The number of allylic oxidation sites excluding steroid dienone is 4. The van der Waals surface area contributed by atoms with Crippen LogP contribution in [-0.2, 0) is 5.41 Å². The van der Waals surface area contributed by atoms with E-state index in [0.717, 1.165) is 74.5 Å². The Kier molecular flexibility index (Phi) is 6.45. The van der Waals surface area contributed by atoms with Gasteiger partial charge in [0.1, 0.15) is 17.3 Å². The number of nitrogens with zero attached hydrogens (tertiary/aromatic N) is 3. The Hall–Kier alpha value is -7.43. The van der Waals surface area contributed by atoms with Crippen LogP contribution in [0.15, 0.2) is 188 Å². The normalized spacial score (nSPS) is 16.4. The first-order chi connectivity index (χ1) is 28.8. The highest BCUT2D eigenvalue weighted by molar-refractivity contribution is 6.13. The molecule has 2 aliphatic heterocycles. The van der Waals surface area contributed by atoms with E-state index < -0.39 is 5.41 Å². The number of hydrogen-bond acceptors (Lipinski definition) is 2. The van der Waals surface area contributed by atoms with Crippen molar-refractivity contribution in [3.8, 4) is 34.3 Å². The fourth-order valence-corrected chi connectivity index (χ4v) is 10.4. The Bertz CT molecular complexity index is 3440. The molecule has 3 aliphatic rings. The standard InChI is InChI=1S/C54H35N3O/c1-3-16-34(17-4-1)36-30-45(35-18-5-2-6-19-35)55-52(31-36)56-46-26-11-8-21-38(46)40-32-44-51(33-49(40)56)58-50-29-14-10-24-42(50)54(44)41-23-9-13-28-48(41)57-47-27-12-7-20-37(47)39-22-15-25-43(54)53(39)57/h2-3,5-33H,1,4H2. The maximum Gasteiger partial charge on any atom is 0.138 e. The van der Waals surface area contributed by atoms with Gasteiger partial charge in [0.15, 0.2) is 0 Å². The molecule has 1 unspecified atom stereocenters. The number of benzene rings is 7. The van der Waals surface area contributed by atoms with Crippen LogP contribution in [-0.4, -0.2) is 14.1 Å². The van der Waals surface area contributed by atoms with Gasteiger partial charge in [0.25, 0.3) is 0 Å². The summed E-state index contributed by atoms with van der Waals surface area (Å²) >= 11 is 0. The van der Waals surface area contributed by atoms with Crippen molar-refractivity contribution >= 4 is 49.2 Å². The first kappa shape index (κ1) is 31.7. The number of aromatic nitrogens is 3. The molecule has 272 valence electrons. The SMILES string of the molecule is C1=CC(c2cc(-c3ccccc3)nc(-n3c4ccccc4c4cc5c(cc43)Oc3ccccc3C53c4ccccc4-n4c5ccccc5c5cccc3c54)c2)=CCC1. The number of ether oxygens (including phenoxy) is 1. The summed E-state index contributed by atoms with van der Waals surface area (Å²) in [7, 11) is 0. The second kappa shape index (κ2) is 11.8. The van der Waals surface area contributed by atoms with Crippen molar-refractivity contribution in [3.05, 3.63) is 216 Å². The average Bonchev–Trinajstić information content (AvgIpc) is 3.81. The summed E-state index contributed by atoms with van der Waals surface area (Å²) in [5.41, 5.74) is 14.4. The molecule has 0 amide bonds. The molecule has 0 radical (unpaired) electrons. The van der Waals surface area contributed by atoms with Gasteiger partial charge in [-0.25, -0.2) is 4.98 Å². The highest BCUT2D eigenvalue weighted by Gasteiger charge is 2.50. The van der Waals surface area contributed by atoms with E-state index in [1.54, 1.807) is 0 Å². The average molecular weight is 742 g/mol. The number of hydrogen-bond donors (Lipinski definition) is 0. The molecule has 5 heterocycles. The summed E-state index contributed by atoms with van der Waals surface area (Å²) in [6.45, 7) is 0. The van der Waals surface area contributed by atoms with E-state index in [2.05, 4.69) is 197 Å². The Morgan fingerprint density at radius 3 is 2.03 bits per heavy atom. The highest BCUT2D eigenvalue weighted by atomic mass is 16.5. The monoisotopic (exact) mass is 741 g/mol. The topological polar surface area (TPSA) is 32.0 Å². The zero-order chi connectivity index (χ0) is 38.0. The van der Waals surface area contributed by atoms with E-state index in [0.29, 0.717) is 0 Å². The van der Waals surface area contributed by atoms with E-state index >= 15 is 0 Å². The number of para-hydroxylation sites is 5. The lowest BCUT2D eigenvalue weighted by Gasteiger charge is -2.45.